The molecule has 0 radical (unpaired) electrons. The average Bonchev–Trinajstić information content (AvgIpc) is 2.89. The molecule has 5 heteroatoms. The fourth-order valence-electron chi connectivity index (χ4n) is 4.31. The Morgan fingerprint density at radius 2 is 1.33 bits per heavy atom. The van der Waals surface area contributed by atoms with Crippen LogP contribution < -0.4 is 0 Å². The van der Waals surface area contributed by atoms with Crippen LogP contribution in [0.5, 0.6) is 0 Å². The number of rotatable bonds is 3. The zero-order chi connectivity index (χ0) is 16.7. The molecule has 0 saturated heterocycles. The van der Waals surface area contributed by atoms with Gasteiger partial charge >= 0.3 is 0 Å². The Balaban J connectivity index is 1.68. The van der Waals surface area contributed by atoms with E-state index in [2.05, 4.69) is 12.1 Å². The van der Waals surface area contributed by atoms with Gasteiger partial charge in [-0.3, -0.25) is 0 Å². The van der Waals surface area contributed by atoms with E-state index < -0.39 is 16.1 Å². The molecule has 2 bridgehead atoms. The van der Waals surface area contributed by atoms with Crippen LogP contribution >= 0.6 is 0 Å². The van der Waals surface area contributed by atoms with Crippen molar-refractivity contribution in [1.29, 1.82) is 0 Å². The molecule has 2 aromatic carbocycles. The Kier molecular flexibility index (Phi) is 3.93. The lowest BCUT2D eigenvalue weighted by Gasteiger charge is -2.27. The minimum atomic E-state index is -4.10. The van der Waals surface area contributed by atoms with Gasteiger partial charge in [0.2, 0.25) is 0 Å². The van der Waals surface area contributed by atoms with Crippen LogP contribution in [0.4, 0.5) is 4.48 Å². The third kappa shape index (κ3) is 2.56. The maximum Gasteiger partial charge on any atom is 0.269 e. The number of hydrogen-bond acceptors (Lipinski definition) is 2. The average molecular weight is 345 g/mol. The molecule has 0 aromatic heterocycles. The summed E-state index contributed by atoms with van der Waals surface area (Å²) in [6, 6.07) is 15.5. The highest BCUT2D eigenvalue weighted by Gasteiger charge is 2.47. The molecular formula is C19H20FNO2S. The molecule has 24 heavy (non-hydrogen) atoms. The maximum absolute atomic E-state index is 15.1. The molecule has 0 spiro atoms. The minimum absolute atomic E-state index is 0.0219. The van der Waals surface area contributed by atoms with E-state index in [4.69, 9.17) is 0 Å². The number of benzene rings is 2. The van der Waals surface area contributed by atoms with Crippen molar-refractivity contribution in [1.82, 2.24) is 4.53 Å². The van der Waals surface area contributed by atoms with Gasteiger partial charge in [0.15, 0.2) is 0 Å². The first-order valence-electron chi connectivity index (χ1n) is 8.39. The van der Waals surface area contributed by atoms with Crippen molar-refractivity contribution in [3.63, 3.8) is 0 Å². The van der Waals surface area contributed by atoms with Crippen LogP contribution in [-0.4, -0.2) is 19.0 Å². The Bertz CT molecular complexity index is 804. The summed E-state index contributed by atoms with van der Waals surface area (Å²) in [4.78, 5) is 0.0219. The van der Waals surface area contributed by atoms with E-state index in [9.17, 15) is 8.42 Å². The van der Waals surface area contributed by atoms with Crippen LogP contribution in [0, 0.1) is 11.8 Å². The molecule has 0 amide bonds. The second-order valence-electron chi connectivity index (χ2n) is 6.83. The fraction of sp³-hybridized carbons (Fsp3) is 0.368. The first-order chi connectivity index (χ1) is 11.6. The molecule has 4 rings (SSSR count). The molecule has 2 unspecified atom stereocenters. The minimum Gasteiger partial charge on any atom is -0.205 e. The maximum atomic E-state index is 15.1. The molecule has 1 saturated carbocycles. The van der Waals surface area contributed by atoms with Gasteiger partial charge in [0.05, 0.1) is 10.9 Å². The van der Waals surface area contributed by atoms with Crippen molar-refractivity contribution in [3.05, 3.63) is 65.7 Å². The Morgan fingerprint density at radius 3 is 1.88 bits per heavy atom. The van der Waals surface area contributed by atoms with Gasteiger partial charge in [-0.25, -0.2) is 8.42 Å². The molecule has 0 aliphatic heterocycles. The van der Waals surface area contributed by atoms with E-state index in [0.717, 1.165) is 25.7 Å². The number of hydrogen-bond donors (Lipinski definition) is 0. The smallest absolute Gasteiger partial charge is 0.205 e. The van der Waals surface area contributed by atoms with Crippen LogP contribution in [-0.2, 0) is 22.9 Å². The van der Waals surface area contributed by atoms with Gasteiger partial charge in [-0.05, 0) is 65.3 Å². The zero-order valence-corrected chi connectivity index (χ0v) is 14.1. The molecule has 0 heterocycles. The fourth-order valence-corrected chi connectivity index (χ4v) is 5.67. The van der Waals surface area contributed by atoms with Gasteiger partial charge in [0.1, 0.15) is 0 Å². The number of halogens is 1. The van der Waals surface area contributed by atoms with Gasteiger partial charge in [0.25, 0.3) is 10.0 Å². The zero-order valence-electron chi connectivity index (χ0n) is 13.3. The summed E-state index contributed by atoms with van der Waals surface area (Å²) in [7, 11) is -4.10. The summed E-state index contributed by atoms with van der Waals surface area (Å²) in [6.07, 6.45) is 3.27. The molecule has 126 valence electrons. The lowest BCUT2D eigenvalue weighted by molar-refractivity contribution is 0.0427. The van der Waals surface area contributed by atoms with Crippen LogP contribution in [0.15, 0.2) is 59.5 Å². The number of fused-ring (bicyclic) bond motifs is 3. The topological polar surface area (TPSA) is 37.4 Å². The highest BCUT2D eigenvalue weighted by atomic mass is 32.2. The van der Waals surface area contributed by atoms with Gasteiger partial charge < -0.3 is 0 Å². The van der Waals surface area contributed by atoms with E-state index in [1.54, 1.807) is 18.2 Å². The summed E-state index contributed by atoms with van der Waals surface area (Å²) >= 11 is 0. The molecule has 0 N–H and O–H groups in total. The van der Waals surface area contributed by atoms with Crippen LogP contribution in [0.25, 0.3) is 0 Å². The molecule has 2 aliphatic rings. The highest BCUT2D eigenvalue weighted by molar-refractivity contribution is 7.89. The van der Waals surface area contributed by atoms with Crippen molar-refractivity contribution < 1.29 is 12.9 Å². The van der Waals surface area contributed by atoms with Crippen LogP contribution in [0.2, 0.25) is 0 Å². The molecular weight excluding hydrogens is 325 g/mol. The van der Waals surface area contributed by atoms with Crippen molar-refractivity contribution >= 4 is 10.0 Å². The second-order valence-corrected chi connectivity index (χ2v) is 8.60. The standard InChI is InChI=1S/C19H20FNO2S/c20-21(24(22,23)18-8-2-1-3-9-18)19-16-10-11-17(19)13-15-7-5-4-6-14(15)12-16/h1-9,16-17,19H,10-13H2. The summed E-state index contributed by atoms with van der Waals surface area (Å²) in [6.45, 7) is 0. The van der Waals surface area contributed by atoms with Crippen molar-refractivity contribution in [3.8, 4) is 0 Å². The molecule has 1 fully saturated rings. The largest absolute Gasteiger partial charge is 0.269 e. The Hall–Kier alpha value is -1.72. The summed E-state index contributed by atoms with van der Waals surface area (Å²) < 4.78 is 40.7. The van der Waals surface area contributed by atoms with E-state index >= 15 is 4.48 Å². The van der Waals surface area contributed by atoms with E-state index in [-0.39, 0.29) is 21.3 Å². The SMILES string of the molecule is O=S(=O)(c1ccccc1)N(F)C1C2CCC1Cc1ccccc1C2. The third-order valence-electron chi connectivity index (χ3n) is 5.46. The normalized spacial score (nSPS) is 26.2. The lowest BCUT2D eigenvalue weighted by atomic mass is 9.94. The monoisotopic (exact) mass is 345 g/mol. The molecule has 2 aliphatic carbocycles. The van der Waals surface area contributed by atoms with E-state index in [0.29, 0.717) is 0 Å². The summed E-state index contributed by atoms with van der Waals surface area (Å²) in [5.41, 5.74) is 2.47. The lowest BCUT2D eigenvalue weighted by Crippen LogP contribution is -2.40. The molecule has 2 aromatic rings. The van der Waals surface area contributed by atoms with Gasteiger partial charge in [-0.2, -0.15) is 0 Å². The summed E-state index contributed by atoms with van der Waals surface area (Å²) in [5.74, 6) is 0.0873. The second kappa shape index (κ2) is 5.97. The first-order valence-corrected chi connectivity index (χ1v) is 9.83. The quantitative estimate of drug-likeness (QED) is 0.795. The van der Waals surface area contributed by atoms with Crippen molar-refractivity contribution in [2.45, 2.75) is 36.6 Å². The van der Waals surface area contributed by atoms with Gasteiger partial charge in [-0.1, -0.05) is 42.5 Å². The summed E-state index contributed by atoms with van der Waals surface area (Å²) in [5, 5.41) is 0. The predicted molar refractivity (Wildman–Crippen MR) is 90.4 cm³/mol. The van der Waals surface area contributed by atoms with E-state index in [1.165, 1.54) is 23.3 Å². The Morgan fingerprint density at radius 1 is 0.833 bits per heavy atom. The van der Waals surface area contributed by atoms with Crippen molar-refractivity contribution in [2.24, 2.45) is 11.8 Å². The molecule has 3 nitrogen and oxygen atoms in total. The highest BCUT2D eigenvalue weighted by Crippen LogP contribution is 2.44. The number of sulfonamides is 1. The van der Waals surface area contributed by atoms with Crippen LogP contribution in [0.3, 0.4) is 0 Å². The van der Waals surface area contributed by atoms with Crippen LogP contribution in [0.1, 0.15) is 24.0 Å². The van der Waals surface area contributed by atoms with Crippen molar-refractivity contribution in [2.75, 3.05) is 0 Å². The third-order valence-corrected chi connectivity index (χ3v) is 7.03. The van der Waals surface area contributed by atoms with Gasteiger partial charge in [-0.15, -0.1) is 4.48 Å². The molecule has 2 atom stereocenters. The van der Waals surface area contributed by atoms with E-state index in [1.807, 2.05) is 12.1 Å². The Labute approximate surface area is 142 Å². The predicted octanol–water partition coefficient (Wildman–Crippen LogP) is 3.76. The van der Waals surface area contributed by atoms with Gasteiger partial charge in [0, 0.05) is 0 Å². The first kappa shape index (κ1) is 15.8. The number of nitrogens with zero attached hydrogens (tertiary/aromatic N) is 1.